The molecule has 156 valence electrons. The quantitative estimate of drug-likeness (QED) is 0.455. The van der Waals surface area contributed by atoms with Crippen LogP contribution in [0.3, 0.4) is 0 Å². The molecule has 5 rings (SSSR count). The van der Waals surface area contributed by atoms with Crippen LogP contribution in [0.15, 0.2) is 55.4 Å². The van der Waals surface area contributed by atoms with Crippen LogP contribution in [-0.2, 0) is 13.5 Å². The van der Waals surface area contributed by atoms with E-state index in [0.29, 0.717) is 11.4 Å². The molecule has 0 aliphatic carbocycles. The fourth-order valence-corrected chi connectivity index (χ4v) is 3.25. The molecule has 7 nitrogen and oxygen atoms in total. The highest BCUT2D eigenvalue weighted by molar-refractivity contribution is 5.98. The Balaban J connectivity index is 1.48. The van der Waals surface area contributed by atoms with Crippen molar-refractivity contribution >= 4 is 22.4 Å². The van der Waals surface area contributed by atoms with E-state index < -0.39 is 43.7 Å². The Kier molecular flexibility index (Phi) is 2.97. The van der Waals surface area contributed by atoms with Gasteiger partial charge in [-0.3, -0.25) is 14.8 Å². The number of anilines is 1. The first-order valence-corrected chi connectivity index (χ1v) is 9.44. The predicted octanol–water partition coefficient (Wildman–Crippen LogP) is 3.84. The summed E-state index contributed by atoms with van der Waals surface area (Å²) in [7, 11) is 1.84. The Hall–Kier alpha value is -3.61. The molecule has 5 heterocycles. The van der Waals surface area contributed by atoms with Crippen LogP contribution in [0.1, 0.15) is 48.9 Å². The molecule has 1 aliphatic rings. The number of carbonyl (C=O) groups is 1. The molecule has 0 bridgehead atoms. The number of imidazole rings is 1. The molecule has 0 radical (unpaired) electrons. The van der Waals surface area contributed by atoms with E-state index in [-0.39, 0.29) is 16.9 Å². The highest BCUT2D eigenvalue weighted by atomic mass is 16.1. The number of nitrogens with zero attached hydrogens (tertiary/aromatic N) is 6. The summed E-state index contributed by atoms with van der Waals surface area (Å²) in [6.07, 6.45) is -3.08. The third-order valence-electron chi connectivity index (χ3n) is 4.84. The number of Topliss-reactive ketones (excluding diaryl/α,β-unsaturated/α-hetero) is 1. The normalized spacial score (nSPS) is 27.1. The van der Waals surface area contributed by atoms with Gasteiger partial charge in [-0.2, -0.15) is 0 Å². The lowest BCUT2D eigenvalue weighted by molar-refractivity contribution is 0.0992. The number of aryl methyl sites for hydroxylation is 1. The van der Waals surface area contributed by atoms with Crippen LogP contribution in [-0.4, -0.2) is 43.3 Å². The molecule has 1 saturated heterocycles. The Morgan fingerprint density at radius 3 is 2.68 bits per heavy atom. The fraction of sp³-hybridized carbons (Fsp3) is 0.292. The van der Waals surface area contributed by atoms with Crippen molar-refractivity contribution in [2.45, 2.75) is 25.5 Å². The molecule has 4 aromatic rings. The van der Waals surface area contributed by atoms with E-state index in [1.807, 2.05) is 17.7 Å². The van der Waals surface area contributed by atoms with Gasteiger partial charge in [0.1, 0.15) is 5.82 Å². The van der Waals surface area contributed by atoms with Gasteiger partial charge in [-0.15, -0.1) is 0 Å². The number of hydrogen-bond acceptors (Lipinski definition) is 6. The lowest BCUT2D eigenvalue weighted by Crippen LogP contribution is -2.30. The van der Waals surface area contributed by atoms with Gasteiger partial charge in [0.25, 0.3) is 0 Å². The number of ketones is 1. The SMILES string of the molecule is [2H]C1([2H])N(c2cc(C(=O)Cc3cc4cc(-c5cncn5C)ncc4cn3)ccn2)C([2H])([2H])C([2H])([2H])C([2H])([2H])C1([2H])[2H]. The molecule has 31 heavy (non-hydrogen) atoms. The topological polar surface area (TPSA) is 76.8 Å². The molecule has 0 atom stereocenters. The van der Waals surface area contributed by atoms with E-state index in [1.165, 1.54) is 6.07 Å². The Labute approximate surface area is 194 Å². The zero-order chi connectivity index (χ0) is 30.2. The second-order valence-electron chi connectivity index (χ2n) is 6.92. The number of piperidine rings is 1. The number of rotatable bonds is 5. The summed E-state index contributed by atoms with van der Waals surface area (Å²) in [6.45, 7) is -6.78. The number of pyridine rings is 3. The van der Waals surface area contributed by atoms with E-state index >= 15 is 0 Å². The summed E-state index contributed by atoms with van der Waals surface area (Å²) in [4.78, 5) is 30.2. The number of aromatic nitrogens is 5. The van der Waals surface area contributed by atoms with Gasteiger partial charge in [-0.25, -0.2) is 9.97 Å². The van der Waals surface area contributed by atoms with Crippen molar-refractivity contribution in [1.29, 1.82) is 0 Å². The minimum Gasteiger partial charge on any atom is -0.357 e. The second-order valence-corrected chi connectivity index (χ2v) is 6.92. The predicted molar refractivity (Wildman–Crippen MR) is 120 cm³/mol. The van der Waals surface area contributed by atoms with E-state index in [1.54, 1.807) is 31.0 Å². The fourth-order valence-electron chi connectivity index (χ4n) is 3.25. The van der Waals surface area contributed by atoms with Crippen LogP contribution in [0.5, 0.6) is 0 Å². The highest BCUT2D eigenvalue weighted by Gasteiger charge is 2.15. The summed E-state index contributed by atoms with van der Waals surface area (Å²) in [5.41, 5.74) is 1.86. The van der Waals surface area contributed by atoms with Crippen molar-refractivity contribution in [1.82, 2.24) is 24.5 Å². The maximum absolute atomic E-state index is 13.3. The van der Waals surface area contributed by atoms with Gasteiger partial charge in [0.05, 0.1) is 30.3 Å². The first-order valence-electron chi connectivity index (χ1n) is 14.4. The molecule has 1 aliphatic heterocycles. The van der Waals surface area contributed by atoms with Gasteiger partial charge in [-0.1, -0.05) is 0 Å². The summed E-state index contributed by atoms with van der Waals surface area (Å²) in [5, 5.41) is 1.52. The molecular formula is C24H24N6O. The standard InChI is InChI=1S/C24H24N6O/c1-29-16-25-15-22(29)21-10-18-9-20(27-13-19(18)14-28-21)12-23(31)17-5-6-26-24(11-17)30-7-3-2-4-8-30/h5-6,9-11,13-16H,2-4,7-8,12H2,1H3/i2D2,3D2,4D2,7D2,8D2. The molecule has 0 spiro atoms. The van der Waals surface area contributed by atoms with Crippen molar-refractivity contribution in [3.63, 3.8) is 0 Å². The highest BCUT2D eigenvalue weighted by Crippen LogP contribution is 2.23. The monoisotopic (exact) mass is 422 g/mol. The van der Waals surface area contributed by atoms with Crippen molar-refractivity contribution in [3.05, 3.63) is 66.6 Å². The number of fused-ring (bicyclic) bond motifs is 1. The maximum atomic E-state index is 13.3. The van der Waals surface area contributed by atoms with Crippen LogP contribution in [0, 0.1) is 0 Å². The van der Waals surface area contributed by atoms with Crippen LogP contribution >= 0.6 is 0 Å². The van der Waals surface area contributed by atoms with E-state index in [4.69, 9.17) is 13.7 Å². The first-order chi connectivity index (χ1) is 18.9. The average Bonchev–Trinajstić information content (AvgIpc) is 3.33. The molecule has 0 amide bonds. The Bertz CT molecular complexity index is 1640. The molecule has 1 fully saturated rings. The molecule has 0 saturated carbocycles. The first kappa shape index (κ1) is 11.1. The van der Waals surface area contributed by atoms with Crippen molar-refractivity contribution < 1.29 is 18.5 Å². The van der Waals surface area contributed by atoms with Crippen LogP contribution in [0.25, 0.3) is 22.2 Å². The third kappa shape index (κ3) is 4.03. The van der Waals surface area contributed by atoms with E-state index in [2.05, 4.69) is 19.9 Å². The molecule has 7 heteroatoms. The van der Waals surface area contributed by atoms with Crippen LogP contribution < -0.4 is 4.90 Å². The molecular weight excluding hydrogens is 388 g/mol. The third-order valence-corrected chi connectivity index (χ3v) is 4.84. The van der Waals surface area contributed by atoms with Gasteiger partial charge >= 0.3 is 0 Å². The zero-order valence-corrected chi connectivity index (χ0v) is 16.5. The largest absolute Gasteiger partial charge is 0.357 e. The zero-order valence-electron chi connectivity index (χ0n) is 26.5. The van der Waals surface area contributed by atoms with Gasteiger partial charge in [0.15, 0.2) is 5.78 Å². The van der Waals surface area contributed by atoms with E-state index in [9.17, 15) is 4.79 Å². The van der Waals surface area contributed by atoms with Crippen LogP contribution in [0.2, 0.25) is 0 Å². The number of hydrogen-bond donors (Lipinski definition) is 0. The molecule has 4 aromatic heterocycles. The summed E-state index contributed by atoms with van der Waals surface area (Å²) in [5.74, 6) is -1.05. The van der Waals surface area contributed by atoms with Crippen molar-refractivity contribution in [2.75, 3.05) is 17.9 Å². The number of carbonyl (C=O) groups excluding carboxylic acids is 1. The molecule has 0 N–H and O–H groups in total. The van der Waals surface area contributed by atoms with Crippen molar-refractivity contribution in [2.24, 2.45) is 7.05 Å². The summed E-state index contributed by atoms with van der Waals surface area (Å²) in [6, 6.07) is 5.92. The molecule has 0 unspecified atom stereocenters. The van der Waals surface area contributed by atoms with E-state index in [0.717, 1.165) is 28.7 Å². The summed E-state index contributed by atoms with van der Waals surface area (Å²) < 4.78 is 83.7. The van der Waals surface area contributed by atoms with Gasteiger partial charge < -0.3 is 9.47 Å². The Morgan fingerprint density at radius 1 is 1.03 bits per heavy atom. The average molecular weight is 423 g/mol. The van der Waals surface area contributed by atoms with Gasteiger partial charge in [0, 0.05) is 69.0 Å². The lowest BCUT2D eigenvalue weighted by atomic mass is 10.0. The minimum absolute atomic E-state index is 0.0245. The summed E-state index contributed by atoms with van der Waals surface area (Å²) >= 11 is 0. The van der Waals surface area contributed by atoms with Gasteiger partial charge in [0.2, 0.25) is 0 Å². The lowest BCUT2D eigenvalue weighted by Gasteiger charge is -2.27. The van der Waals surface area contributed by atoms with Crippen molar-refractivity contribution in [3.8, 4) is 11.4 Å². The second kappa shape index (κ2) is 8.26. The maximum Gasteiger partial charge on any atom is 0.169 e. The van der Waals surface area contributed by atoms with Crippen LogP contribution in [0.4, 0.5) is 5.82 Å². The Morgan fingerprint density at radius 2 is 1.87 bits per heavy atom. The minimum atomic E-state index is -3.55. The van der Waals surface area contributed by atoms with Gasteiger partial charge in [-0.05, 0) is 48.8 Å². The molecule has 0 aromatic carbocycles. The smallest absolute Gasteiger partial charge is 0.169 e.